The lowest BCUT2D eigenvalue weighted by molar-refractivity contribution is 0.397. The highest BCUT2D eigenvalue weighted by Gasteiger charge is 2.23. The molecule has 0 heterocycles. The fourth-order valence-corrected chi connectivity index (χ4v) is 3.24. The minimum atomic E-state index is -3.60. The van der Waals surface area contributed by atoms with E-state index in [1.807, 2.05) is 13.8 Å². The van der Waals surface area contributed by atoms with Crippen LogP contribution in [0.4, 0.5) is 4.39 Å². The fraction of sp³-hybridized carbons (Fsp3) is 0.571. The van der Waals surface area contributed by atoms with Crippen molar-refractivity contribution in [2.75, 3.05) is 13.6 Å². The first-order chi connectivity index (χ1) is 9.16. The van der Waals surface area contributed by atoms with Gasteiger partial charge in [-0.1, -0.05) is 13.8 Å². The molecule has 0 aliphatic heterocycles. The minimum Gasteiger partial charge on any atom is -0.327 e. The number of halogens is 1. The second-order valence-corrected chi connectivity index (χ2v) is 7.45. The Morgan fingerprint density at radius 2 is 1.95 bits per heavy atom. The summed E-state index contributed by atoms with van der Waals surface area (Å²) < 4.78 is 39.1. The zero-order chi connectivity index (χ0) is 15.5. The first-order valence-corrected chi connectivity index (χ1v) is 8.08. The lowest BCUT2D eigenvalue weighted by Crippen LogP contribution is -2.34. The summed E-state index contributed by atoms with van der Waals surface area (Å²) in [4.78, 5) is 0.138. The van der Waals surface area contributed by atoms with E-state index >= 15 is 0 Å². The van der Waals surface area contributed by atoms with Crippen molar-refractivity contribution in [1.29, 1.82) is 0 Å². The zero-order valence-corrected chi connectivity index (χ0v) is 13.2. The standard InChI is InChI=1S/C14H23FN2O2S/c1-10(2)13(16)7-8-17(4)20(18,19)14-6-5-12(15)9-11(14)3/h5-6,9-10,13H,7-8,16H2,1-4H3. The summed E-state index contributed by atoms with van der Waals surface area (Å²) in [5, 5.41) is 0. The molecule has 0 aromatic heterocycles. The molecule has 0 saturated carbocycles. The van der Waals surface area contributed by atoms with Gasteiger partial charge >= 0.3 is 0 Å². The molecule has 1 unspecified atom stereocenters. The maximum atomic E-state index is 13.1. The maximum absolute atomic E-state index is 13.1. The molecule has 1 aromatic carbocycles. The summed E-state index contributed by atoms with van der Waals surface area (Å²) >= 11 is 0. The number of hydrogen-bond acceptors (Lipinski definition) is 3. The van der Waals surface area contributed by atoms with E-state index in [-0.39, 0.29) is 10.9 Å². The van der Waals surface area contributed by atoms with Crippen LogP contribution >= 0.6 is 0 Å². The molecule has 1 rings (SSSR count). The van der Waals surface area contributed by atoms with Crippen LogP contribution in [0.25, 0.3) is 0 Å². The van der Waals surface area contributed by atoms with Gasteiger partial charge in [0.05, 0.1) is 4.90 Å². The smallest absolute Gasteiger partial charge is 0.243 e. The van der Waals surface area contributed by atoms with E-state index < -0.39 is 15.8 Å². The lowest BCUT2D eigenvalue weighted by Gasteiger charge is -2.22. The number of sulfonamides is 1. The maximum Gasteiger partial charge on any atom is 0.243 e. The number of aryl methyl sites for hydroxylation is 1. The van der Waals surface area contributed by atoms with Gasteiger partial charge in [-0.25, -0.2) is 17.1 Å². The third-order valence-electron chi connectivity index (χ3n) is 3.46. The fourth-order valence-electron chi connectivity index (χ4n) is 1.85. The van der Waals surface area contributed by atoms with Crippen LogP contribution < -0.4 is 5.73 Å². The largest absolute Gasteiger partial charge is 0.327 e. The normalized spacial score (nSPS) is 14.0. The quantitative estimate of drug-likeness (QED) is 0.875. The van der Waals surface area contributed by atoms with Crippen molar-refractivity contribution in [2.24, 2.45) is 11.7 Å². The topological polar surface area (TPSA) is 63.4 Å². The van der Waals surface area contributed by atoms with Crippen LogP contribution in [0.3, 0.4) is 0 Å². The Morgan fingerprint density at radius 1 is 1.35 bits per heavy atom. The highest BCUT2D eigenvalue weighted by atomic mass is 32.2. The number of benzene rings is 1. The summed E-state index contributed by atoms with van der Waals surface area (Å²) in [6, 6.07) is 3.65. The molecule has 0 aliphatic carbocycles. The van der Waals surface area contributed by atoms with Crippen LogP contribution in [0.15, 0.2) is 23.1 Å². The zero-order valence-electron chi connectivity index (χ0n) is 12.4. The molecule has 0 radical (unpaired) electrons. The van der Waals surface area contributed by atoms with Gasteiger partial charge in [0.25, 0.3) is 0 Å². The summed E-state index contributed by atoms with van der Waals surface area (Å²) in [6.45, 7) is 5.94. The third kappa shape index (κ3) is 4.01. The third-order valence-corrected chi connectivity index (χ3v) is 5.48. The highest BCUT2D eigenvalue weighted by Crippen LogP contribution is 2.20. The lowest BCUT2D eigenvalue weighted by atomic mass is 10.0. The number of rotatable bonds is 6. The van der Waals surface area contributed by atoms with Crippen molar-refractivity contribution in [2.45, 2.75) is 38.1 Å². The van der Waals surface area contributed by atoms with E-state index in [9.17, 15) is 12.8 Å². The van der Waals surface area contributed by atoms with Crippen molar-refractivity contribution >= 4 is 10.0 Å². The Labute approximate surface area is 120 Å². The molecule has 0 aliphatic rings. The van der Waals surface area contributed by atoms with Crippen LogP contribution in [0, 0.1) is 18.7 Å². The molecular weight excluding hydrogens is 279 g/mol. The van der Waals surface area contributed by atoms with Gasteiger partial charge in [-0.2, -0.15) is 0 Å². The van der Waals surface area contributed by atoms with Crippen molar-refractivity contribution in [3.8, 4) is 0 Å². The van der Waals surface area contributed by atoms with Gasteiger partial charge in [0, 0.05) is 19.6 Å². The molecule has 20 heavy (non-hydrogen) atoms. The van der Waals surface area contributed by atoms with E-state index in [4.69, 9.17) is 5.73 Å². The van der Waals surface area contributed by atoms with Crippen LogP contribution in [0.2, 0.25) is 0 Å². The van der Waals surface area contributed by atoms with E-state index in [0.29, 0.717) is 24.4 Å². The molecule has 1 atom stereocenters. The number of nitrogens with two attached hydrogens (primary N) is 1. The summed E-state index contributed by atoms with van der Waals surface area (Å²) in [5.74, 6) is -0.135. The molecule has 2 N–H and O–H groups in total. The predicted octanol–water partition coefficient (Wildman–Crippen LogP) is 2.13. The Morgan fingerprint density at radius 3 is 2.45 bits per heavy atom. The molecule has 0 amide bonds. The molecule has 0 saturated heterocycles. The van der Waals surface area contributed by atoms with Gasteiger partial charge in [-0.3, -0.25) is 0 Å². The first kappa shape index (κ1) is 17.1. The molecule has 1 aromatic rings. The molecule has 114 valence electrons. The molecule has 0 fully saturated rings. The molecule has 6 heteroatoms. The van der Waals surface area contributed by atoms with Gasteiger partial charge in [0.2, 0.25) is 10.0 Å². The Hall–Kier alpha value is -0.980. The van der Waals surface area contributed by atoms with Crippen molar-refractivity contribution in [3.63, 3.8) is 0 Å². The summed E-state index contributed by atoms with van der Waals surface area (Å²) in [5.41, 5.74) is 6.33. The van der Waals surface area contributed by atoms with Gasteiger partial charge in [0.15, 0.2) is 0 Å². The van der Waals surface area contributed by atoms with Gasteiger partial charge in [-0.05, 0) is 43.0 Å². The van der Waals surface area contributed by atoms with Crippen molar-refractivity contribution in [1.82, 2.24) is 4.31 Å². The predicted molar refractivity (Wildman–Crippen MR) is 78.4 cm³/mol. The van der Waals surface area contributed by atoms with E-state index in [1.165, 1.54) is 23.5 Å². The molecular formula is C14H23FN2O2S. The van der Waals surface area contributed by atoms with Crippen molar-refractivity contribution < 1.29 is 12.8 Å². The average molecular weight is 302 g/mol. The van der Waals surface area contributed by atoms with Crippen LogP contribution in [0.5, 0.6) is 0 Å². The SMILES string of the molecule is Cc1cc(F)ccc1S(=O)(=O)N(C)CCC(N)C(C)C. The minimum absolute atomic E-state index is 0.0398. The van der Waals surface area contributed by atoms with Gasteiger partial charge in [0.1, 0.15) is 5.82 Å². The van der Waals surface area contributed by atoms with Crippen molar-refractivity contribution in [3.05, 3.63) is 29.6 Å². The number of hydrogen-bond donors (Lipinski definition) is 1. The van der Waals surface area contributed by atoms with E-state index in [1.54, 1.807) is 6.92 Å². The first-order valence-electron chi connectivity index (χ1n) is 6.64. The number of nitrogens with zero attached hydrogens (tertiary/aromatic N) is 1. The second kappa shape index (κ2) is 6.65. The Kier molecular flexibility index (Phi) is 5.68. The monoisotopic (exact) mass is 302 g/mol. The Bertz CT molecular complexity index is 558. The average Bonchev–Trinajstić information content (AvgIpc) is 2.34. The second-order valence-electron chi connectivity index (χ2n) is 5.43. The molecule has 4 nitrogen and oxygen atoms in total. The van der Waals surface area contributed by atoms with Gasteiger partial charge < -0.3 is 5.73 Å². The highest BCUT2D eigenvalue weighted by molar-refractivity contribution is 7.89. The van der Waals surface area contributed by atoms with Crippen LogP contribution in [-0.4, -0.2) is 32.4 Å². The Balaban J connectivity index is 2.87. The van der Waals surface area contributed by atoms with E-state index in [2.05, 4.69) is 0 Å². The molecule has 0 spiro atoms. The summed E-state index contributed by atoms with van der Waals surface area (Å²) in [6.07, 6.45) is 0.591. The van der Waals surface area contributed by atoms with E-state index in [0.717, 1.165) is 6.07 Å². The van der Waals surface area contributed by atoms with Crippen LogP contribution in [0.1, 0.15) is 25.8 Å². The summed E-state index contributed by atoms with van der Waals surface area (Å²) in [7, 11) is -2.08. The van der Waals surface area contributed by atoms with Crippen LogP contribution in [-0.2, 0) is 10.0 Å². The van der Waals surface area contributed by atoms with Gasteiger partial charge in [-0.15, -0.1) is 0 Å². The molecule has 0 bridgehead atoms.